The highest BCUT2D eigenvalue weighted by molar-refractivity contribution is 7.13. The Morgan fingerprint density at radius 2 is 2.50 bits per heavy atom. The van der Waals surface area contributed by atoms with Crippen molar-refractivity contribution in [1.29, 1.82) is 0 Å². The number of carbonyl (C=O) groups excluding carboxylic acids is 1. The Labute approximate surface area is 97.3 Å². The van der Waals surface area contributed by atoms with Crippen molar-refractivity contribution in [1.82, 2.24) is 10.3 Å². The number of carbonyl (C=O) groups is 1. The van der Waals surface area contributed by atoms with Crippen LogP contribution in [0.15, 0.2) is 28.3 Å². The molecule has 0 aliphatic carbocycles. The third-order valence-corrected chi connectivity index (χ3v) is 2.93. The Morgan fingerprint density at radius 1 is 1.62 bits per heavy atom. The standard InChI is InChI=1S/C11H12N2O2S/c1-2-5-12-11(14)9-10(15-7-13-9)8-4-3-6-16-8/h3-4,6-7H,2,5H2,1H3,(H,12,14). The van der Waals surface area contributed by atoms with Gasteiger partial charge in [-0.25, -0.2) is 4.98 Å². The summed E-state index contributed by atoms with van der Waals surface area (Å²) in [5.41, 5.74) is 0.357. The first-order valence-corrected chi connectivity index (χ1v) is 5.96. The van der Waals surface area contributed by atoms with E-state index in [0.29, 0.717) is 18.0 Å². The Balaban J connectivity index is 2.23. The van der Waals surface area contributed by atoms with Crippen LogP contribution in [0, 0.1) is 0 Å². The molecule has 5 heteroatoms. The van der Waals surface area contributed by atoms with Gasteiger partial charge >= 0.3 is 0 Å². The van der Waals surface area contributed by atoms with Crippen molar-refractivity contribution in [3.05, 3.63) is 29.6 Å². The van der Waals surface area contributed by atoms with Crippen LogP contribution in [0.2, 0.25) is 0 Å². The van der Waals surface area contributed by atoms with E-state index in [4.69, 9.17) is 4.42 Å². The lowest BCUT2D eigenvalue weighted by atomic mass is 10.3. The van der Waals surface area contributed by atoms with Gasteiger partial charge in [0.25, 0.3) is 5.91 Å². The molecule has 0 aliphatic rings. The molecule has 0 saturated carbocycles. The second-order valence-corrected chi connectivity index (χ2v) is 4.21. The van der Waals surface area contributed by atoms with E-state index in [2.05, 4.69) is 10.3 Å². The molecule has 1 amide bonds. The fourth-order valence-corrected chi connectivity index (χ4v) is 2.03. The molecule has 0 atom stereocenters. The Kier molecular flexibility index (Phi) is 3.36. The molecular formula is C11H12N2O2S. The number of aromatic nitrogens is 1. The van der Waals surface area contributed by atoms with Crippen molar-refractivity contribution in [2.75, 3.05) is 6.54 Å². The van der Waals surface area contributed by atoms with Crippen LogP contribution in [0.5, 0.6) is 0 Å². The van der Waals surface area contributed by atoms with E-state index in [-0.39, 0.29) is 5.91 Å². The number of rotatable bonds is 4. The minimum atomic E-state index is -0.181. The van der Waals surface area contributed by atoms with Gasteiger partial charge in [0.05, 0.1) is 4.88 Å². The SMILES string of the molecule is CCCNC(=O)c1ncoc1-c1cccs1. The number of amides is 1. The van der Waals surface area contributed by atoms with E-state index in [1.165, 1.54) is 17.7 Å². The fraction of sp³-hybridized carbons (Fsp3) is 0.273. The summed E-state index contributed by atoms with van der Waals surface area (Å²) in [6.45, 7) is 2.65. The number of nitrogens with one attached hydrogen (secondary N) is 1. The number of hydrogen-bond acceptors (Lipinski definition) is 4. The average molecular weight is 236 g/mol. The highest BCUT2D eigenvalue weighted by Gasteiger charge is 2.18. The molecule has 2 aromatic rings. The number of thiophene rings is 1. The van der Waals surface area contributed by atoms with Gasteiger partial charge in [-0.05, 0) is 17.9 Å². The smallest absolute Gasteiger partial charge is 0.273 e. The first-order valence-electron chi connectivity index (χ1n) is 5.08. The zero-order valence-electron chi connectivity index (χ0n) is 8.90. The van der Waals surface area contributed by atoms with Crippen molar-refractivity contribution in [2.45, 2.75) is 13.3 Å². The molecule has 0 saturated heterocycles. The fourth-order valence-electron chi connectivity index (χ4n) is 1.31. The lowest BCUT2D eigenvalue weighted by molar-refractivity contribution is 0.0949. The molecule has 1 N–H and O–H groups in total. The normalized spacial score (nSPS) is 10.3. The van der Waals surface area contributed by atoms with E-state index in [1.807, 2.05) is 24.4 Å². The largest absolute Gasteiger partial charge is 0.442 e. The molecule has 0 aliphatic heterocycles. The Bertz CT molecular complexity index is 462. The van der Waals surface area contributed by atoms with Gasteiger partial charge in [-0.3, -0.25) is 4.79 Å². The number of hydrogen-bond donors (Lipinski definition) is 1. The van der Waals surface area contributed by atoms with E-state index >= 15 is 0 Å². The average Bonchev–Trinajstić information content (AvgIpc) is 2.94. The highest BCUT2D eigenvalue weighted by Crippen LogP contribution is 2.27. The van der Waals surface area contributed by atoms with Gasteiger partial charge in [-0.15, -0.1) is 11.3 Å². The van der Waals surface area contributed by atoms with Crippen LogP contribution in [-0.4, -0.2) is 17.4 Å². The molecule has 84 valence electrons. The van der Waals surface area contributed by atoms with Crippen LogP contribution < -0.4 is 5.32 Å². The summed E-state index contributed by atoms with van der Waals surface area (Å²) in [6.07, 6.45) is 2.20. The summed E-state index contributed by atoms with van der Waals surface area (Å²) in [5.74, 6) is 0.364. The molecule has 0 bridgehead atoms. The van der Waals surface area contributed by atoms with Gasteiger partial charge in [0.1, 0.15) is 0 Å². The molecule has 0 fully saturated rings. The molecule has 0 unspecified atom stereocenters. The zero-order valence-corrected chi connectivity index (χ0v) is 9.71. The highest BCUT2D eigenvalue weighted by atomic mass is 32.1. The summed E-state index contributed by atoms with van der Waals surface area (Å²) in [5, 5.41) is 4.72. The van der Waals surface area contributed by atoms with Crippen molar-refractivity contribution < 1.29 is 9.21 Å². The van der Waals surface area contributed by atoms with Crippen molar-refractivity contribution in [3.63, 3.8) is 0 Å². The number of oxazole rings is 1. The maximum atomic E-state index is 11.8. The lowest BCUT2D eigenvalue weighted by Crippen LogP contribution is -2.24. The summed E-state index contributed by atoms with van der Waals surface area (Å²) in [7, 11) is 0. The summed E-state index contributed by atoms with van der Waals surface area (Å²) < 4.78 is 5.25. The van der Waals surface area contributed by atoms with Gasteiger partial charge < -0.3 is 9.73 Å². The van der Waals surface area contributed by atoms with Gasteiger partial charge in [-0.2, -0.15) is 0 Å². The summed E-state index contributed by atoms with van der Waals surface area (Å²) in [6, 6.07) is 3.82. The van der Waals surface area contributed by atoms with E-state index in [1.54, 1.807) is 0 Å². The maximum Gasteiger partial charge on any atom is 0.273 e. The monoisotopic (exact) mass is 236 g/mol. The van der Waals surface area contributed by atoms with E-state index in [9.17, 15) is 4.79 Å². The zero-order chi connectivity index (χ0) is 11.4. The van der Waals surface area contributed by atoms with Gasteiger partial charge in [0, 0.05) is 6.54 Å². The van der Waals surface area contributed by atoms with Crippen LogP contribution >= 0.6 is 11.3 Å². The van der Waals surface area contributed by atoms with Crippen LogP contribution in [0.25, 0.3) is 10.6 Å². The molecule has 16 heavy (non-hydrogen) atoms. The predicted octanol–water partition coefficient (Wildman–Crippen LogP) is 2.54. The third-order valence-electron chi connectivity index (χ3n) is 2.06. The van der Waals surface area contributed by atoms with Gasteiger partial charge in [0.2, 0.25) is 0 Å². The summed E-state index contributed by atoms with van der Waals surface area (Å²) >= 11 is 1.52. The second kappa shape index (κ2) is 4.94. The van der Waals surface area contributed by atoms with Gasteiger partial charge in [-0.1, -0.05) is 13.0 Å². The predicted molar refractivity (Wildman–Crippen MR) is 62.4 cm³/mol. The van der Waals surface area contributed by atoms with Crippen LogP contribution in [-0.2, 0) is 0 Å². The Hall–Kier alpha value is -1.62. The second-order valence-electron chi connectivity index (χ2n) is 3.26. The van der Waals surface area contributed by atoms with E-state index < -0.39 is 0 Å². The topological polar surface area (TPSA) is 55.1 Å². The van der Waals surface area contributed by atoms with Crippen molar-refractivity contribution in [2.24, 2.45) is 0 Å². The molecule has 0 aromatic carbocycles. The molecule has 2 rings (SSSR count). The molecule has 4 nitrogen and oxygen atoms in total. The molecule has 2 aromatic heterocycles. The molecule has 2 heterocycles. The third kappa shape index (κ3) is 2.14. The lowest BCUT2D eigenvalue weighted by Gasteiger charge is -2.00. The minimum Gasteiger partial charge on any atom is -0.442 e. The van der Waals surface area contributed by atoms with Crippen molar-refractivity contribution in [3.8, 4) is 10.6 Å². The Morgan fingerprint density at radius 3 is 3.19 bits per heavy atom. The van der Waals surface area contributed by atoms with Crippen LogP contribution in [0.3, 0.4) is 0 Å². The maximum absolute atomic E-state index is 11.8. The molecule has 0 radical (unpaired) electrons. The quantitative estimate of drug-likeness (QED) is 0.887. The first-order chi connectivity index (χ1) is 7.83. The van der Waals surface area contributed by atoms with Gasteiger partial charge in [0.15, 0.2) is 17.8 Å². The van der Waals surface area contributed by atoms with Crippen LogP contribution in [0.1, 0.15) is 23.8 Å². The van der Waals surface area contributed by atoms with E-state index in [0.717, 1.165) is 11.3 Å². The van der Waals surface area contributed by atoms with Crippen LogP contribution in [0.4, 0.5) is 0 Å². The first kappa shape index (κ1) is 10.9. The molecular weight excluding hydrogens is 224 g/mol. The molecule has 0 spiro atoms. The van der Waals surface area contributed by atoms with Crippen molar-refractivity contribution >= 4 is 17.2 Å². The minimum absolute atomic E-state index is 0.181. The number of nitrogens with zero attached hydrogens (tertiary/aromatic N) is 1. The summed E-state index contributed by atoms with van der Waals surface area (Å²) in [4.78, 5) is 16.6.